The first-order valence-corrected chi connectivity index (χ1v) is 10.5. The Labute approximate surface area is 95.7 Å². The second kappa shape index (κ2) is 4.62. The van der Waals surface area contributed by atoms with Crippen LogP contribution in [0.4, 0.5) is 12.6 Å². The van der Waals surface area contributed by atoms with Crippen LogP contribution in [-0.4, -0.2) is 31.0 Å². The Kier molecular flexibility index (Phi) is 4.19. The lowest BCUT2D eigenvalue weighted by atomic mass is 11.3. The van der Waals surface area contributed by atoms with Gasteiger partial charge >= 0.3 is 21.9 Å². The van der Waals surface area contributed by atoms with Crippen LogP contribution in [0.25, 0.3) is 0 Å². The molecule has 3 unspecified atom stereocenters. The van der Waals surface area contributed by atoms with Crippen molar-refractivity contribution in [2.24, 2.45) is 13.5 Å². The molecule has 0 spiro atoms. The highest BCUT2D eigenvalue weighted by Gasteiger charge is 2.39. The summed E-state index contributed by atoms with van der Waals surface area (Å²) in [6, 6.07) is -0.204. The zero-order valence-corrected chi connectivity index (χ0v) is 12.2. The van der Waals surface area contributed by atoms with Crippen LogP contribution in [-0.2, 0) is 4.79 Å². The van der Waals surface area contributed by atoms with Crippen molar-refractivity contribution in [3.8, 4) is 0 Å². The highest BCUT2D eigenvalue weighted by Crippen LogP contribution is 2.83. The van der Waals surface area contributed by atoms with Gasteiger partial charge in [0.25, 0.3) is 0 Å². The minimum Gasteiger partial charge on any atom is -0.292 e. The van der Waals surface area contributed by atoms with Gasteiger partial charge in [-0.1, -0.05) is 11.4 Å². The molecule has 0 aromatic heterocycles. The van der Waals surface area contributed by atoms with E-state index in [0.717, 1.165) is 4.67 Å². The van der Waals surface area contributed by atoms with Crippen molar-refractivity contribution in [3.63, 3.8) is 0 Å². The molecule has 1 rings (SSSR count). The van der Waals surface area contributed by atoms with Crippen LogP contribution < -0.4 is 0 Å². The van der Waals surface area contributed by atoms with Crippen LogP contribution in [0.3, 0.4) is 0 Å². The van der Waals surface area contributed by atoms with Crippen molar-refractivity contribution < 1.29 is 17.4 Å². The minimum absolute atomic E-state index is 0.204. The van der Waals surface area contributed by atoms with Gasteiger partial charge in [-0.2, -0.15) is 26.1 Å². The van der Waals surface area contributed by atoms with Gasteiger partial charge in [-0.15, -0.1) is 0 Å². The molecule has 0 bridgehead atoms. The van der Waals surface area contributed by atoms with E-state index in [4.69, 9.17) is 0 Å². The number of hydrogen-bond donors (Lipinski definition) is 0. The molecule has 0 N–H and O–H groups in total. The molecule has 1 aliphatic rings. The van der Waals surface area contributed by atoms with E-state index in [0.29, 0.717) is 11.4 Å². The summed E-state index contributed by atoms with van der Waals surface area (Å²) in [5, 5.41) is 0. The summed E-state index contributed by atoms with van der Waals surface area (Å²) in [4.78, 5) is 10.5. The molecule has 0 aromatic carbocycles. The molecule has 0 aliphatic carbocycles. The number of nitrogens with zero attached hydrogens (tertiary/aromatic N) is 4. The maximum absolute atomic E-state index is 14.1. The van der Waals surface area contributed by atoms with Gasteiger partial charge in [-0.25, -0.2) is 4.67 Å². The summed E-state index contributed by atoms with van der Waals surface area (Å²) in [6.07, 6.45) is 1.31. The fourth-order valence-electron chi connectivity index (χ4n) is 0.784. The third kappa shape index (κ3) is 2.82. The van der Waals surface area contributed by atoms with Gasteiger partial charge in [-0.3, -0.25) is 4.79 Å². The molecule has 0 radical (unpaired) electrons. The number of hydrogen-bond acceptors (Lipinski definition) is 6. The molecule has 16 heavy (non-hydrogen) atoms. The zero-order chi connectivity index (χ0) is 12.6. The first-order chi connectivity index (χ1) is 7.19. The van der Waals surface area contributed by atoms with Crippen LogP contribution >= 0.6 is 33.3 Å². The SMILES string of the molecule is CSP1(F)=NP(F)(N(C)C)=NP(F)(C=O)=N1. The third-order valence-corrected chi connectivity index (χ3v) is 11.6. The van der Waals surface area contributed by atoms with Crippen LogP contribution in [0.15, 0.2) is 13.5 Å². The maximum atomic E-state index is 14.1. The van der Waals surface area contributed by atoms with E-state index in [9.17, 15) is 17.4 Å². The molecule has 0 amide bonds. The van der Waals surface area contributed by atoms with Crippen LogP contribution in [0.5, 0.6) is 0 Å². The largest absolute Gasteiger partial charge is 0.322 e. The van der Waals surface area contributed by atoms with E-state index in [1.807, 2.05) is 0 Å². The topological polar surface area (TPSA) is 57.4 Å². The summed E-state index contributed by atoms with van der Waals surface area (Å²) in [5.41, 5.74) is 0. The molecule has 1 aliphatic heterocycles. The highest BCUT2D eigenvalue weighted by atomic mass is 32.7. The molecular formula is C4H10F3N4OP3S. The second-order valence-electron chi connectivity index (χ2n) is 2.94. The lowest BCUT2D eigenvalue weighted by Crippen LogP contribution is -2.04. The molecule has 0 saturated heterocycles. The van der Waals surface area contributed by atoms with Gasteiger partial charge in [0.2, 0.25) is 6.03 Å². The molecule has 1 heterocycles. The summed E-state index contributed by atoms with van der Waals surface area (Å²) < 4.78 is 52.1. The number of halogens is 3. The molecule has 0 aromatic rings. The highest BCUT2D eigenvalue weighted by molar-refractivity contribution is 8.57. The predicted octanol–water partition coefficient (Wildman–Crippen LogP) is 4.95. The molecule has 0 saturated carbocycles. The summed E-state index contributed by atoms with van der Waals surface area (Å²) in [5.74, 6) is 0. The summed E-state index contributed by atoms with van der Waals surface area (Å²) >= 11 is 0.527. The lowest BCUT2D eigenvalue weighted by Gasteiger charge is -2.24. The third-order valence-electron chi connectivity index (χ3n) is 1.57. The van der Waals surface area contributed by atoms with E-state index in [-0.39, 0.29) is 6.03 Å². The van der Waals surface area contributed by atoms with Crippen molar-refractivity contribution in [3.05, 3.63) is 0 Å². The van der Waals surface area contributed by atoms with Gasteiger partial charge in [-0.05, 0) is 20.4 Å². The van der Waals surface area contributed by atoms with E-state index >= 15 is 0 Å². The number of rotatable bonds is 3. The van der Waals surface area contributed by atoms with Crippen LogP contribution in [0.2, 0.25) is 0 Å². The van der Waals surface area contributed by atoms with Gasteiger partial charge in [0.15, 0.2) is 0 Å². The van der Waals surface area contributed by atoms with Gasteiger partial charge in [0.1, 0.15) is 0 Å². The summed E-state index contributed by atoms with van der Waals surface area (Å²) in [6.45, 7) is -4.01. The van der Waals surface area contributed by atoms with Gasteiger partial charge in [0.05, 0.1) is 0 Å². The first kappa shape index (κ1) is 14.5. The molecule has 3 atom stereocenters. The Balaban J connectivity index is 3.59. The van der Waals surface area contributed by atoms with Crippen LogP contribution in [0, 0.1) is 0 Å². The molecule has 94 valence electrons. The van der Waals surface area contributed by atoms with Crippen molar-refractivity contribution in [2.75, 3.05) is 20.4 Å². The van der Waals surface area contributed by atoms with E-state index in [2.05, 4.69) is 13.5 Å². The predicted molar refractivity (Wildman–Crippen MR) is 65.3 cm³/mol. The number of carbonyl (C=O) groups excluding carboxylic acids is 1. The fourth-order valence-corrected chi connectivity index (χ4v) is 11.1. The average Bonchev–Trinajstić information content (AvgIpc) is 2.16. The Morgan fingerprint density at radius 3 is 2.12 bits per heavy atom. The molecule has 12 heteroatoms. The Hall–Kier alpha value is 0.460. The van der Waals surface area contributed by atoms with Crippen molar-refractivity contribution >= 4 is 39.3 Å². The Morgan fingerprint density at radius 2 is 1.75 bits per heavy atom. The van der Waals surface area contributed by atoms with Crippen molar-refractivity contribution in [2.45, 2.75) is 0 Å². The van der Waals surface area contributed by atoms with E-state index in [1.165, 1.54) is 20.4 Å². The summed E-state index contributed by atoms with van der Waals surface area (Å²) in [7, 11) is -5.98. The average molecular weight is 312 g/mol. The van der Waals surface area contributed by atoms with Gasteiger partial charge < -0.3 is 0 Å². The smallest absolute Gasteiger partial charge is 0.292 e. The Bertz CT molecular complexity index is 477. The normalized spacial score (nSPS) is 43.2. The van der Waals surface area contributed by atoms with E-state index < -0.39 is 21.9 Å². The maximum Gasteiger partial charge on any atom is 0.322 e. The minimum atomic E-state index is -4.40. The molecular weight excluding hydrogens is 302 g/mol. The quantitative estimate of drug-likeness (QED) is 0.547. The standard InChI is InChI=1S/C4H10F3N4OP3S/c1-11(2)14(6)8-13(5,4-12)9-15(7,10-14)16-3/h4H,1-3H3. The fraction of sp³-hybridized carbons (Fsp3) is 0.750. The van der Waals surface area contributed by atoms with Gasteiger partial charge in [0, 0.05) is 0 Å². The number of carbonyl (C=O) groups is 1. The molecule has 5 nitrogen and oxygen atoms in total. The lowest BCUT2D eigenvalue weighted by molar-refractivity contribution is 0.566. The second-order valence-corrected chi connectivity index (χ2v) is 12.0. The molecule has 0 fully saturated rings. The van der Waals surface area contributed by atoms with Crippen molar-refractivity contribution in [1.29, 1.82) is 0 Å². The van der Waals surface area contributed by atoms with E-state index in [1.54, 1.807) is 0 Å². The van der Waals surface area contributed by atoms with Crippen molar-refractivity contribution in [1.82, 2.24) is 4.67 Å². The Morgan fingerprint density at radius 1 is 1.19 bits per heavy atom. The first-order valence-electron chi connectivity index (χ1n) is 3.89. The monoisotopic (exact) mass is 312 g/mol. The zero-order valence-electron chi connectivity index (χ0n) is 8.66. The van der Waals surface area contributed by atoms with Crippen LogP contribution in [0.1, 0.15) is 0 Å².